The maximum atomic E-state index is 11.7. The monoisotopic (exact) mass is 497 g/mol. The average molecular weight is 498 g/mol. The molecule has 0 aliphatic carbocycles. The van der Waals surface area contributed by atoms with E-state index >= 15 is 0 Å². The van der Waals surface area contributed by atoms with Gasteiger partial charge in [-0.15, -0.1) is 0 Å². The highest BCUT2D eigenvalue weighted by molar-refractivity contribution is 5.99. The van der Waals surface area contributed by atoms with Gasteiger partial charge in [0.2, 0.25) is 5.91 Å². The zero-order chi connectivity index (χ0) is 25.6. The third kappa shape index (κ3) is 5.79. The minimum Gasteiger partial charge on any atom is -0.383 e. The van der Waals surface area contributed by atoms with Gasteiger partial charge in [0.1, 0.15) is 5.82 Å². The van der Waals surface area contributed by atoms with Crippen LogP contribution in [0.4, 0.5) is 22.9 Å². The zero-order valence-corrected chi connectivity index (χ0v) is 20.9. The third-order valence-electron chi connectivity index (χ3n) is 6.48. The van der Waals surface area contributed by atoms with Crippen molar-refractivity contribution >= 4 is 39.7 Å². The van der Waals surface area contributed by atoms with E-state index in [2.05, 4.69) is 61.4 Å². The molecule has 0 unspecified atom stereocenters. The largest absolute Gasteiger partial charge is 0.383 e. The number of rotatable bonds is 9. The lowest BCUT2D eigenvalue weighted by Gasteiger charge is -2.36. The Kier molecular flexibility index (Phi) is 7.43. The molecule has 0 atom stereocenters. The van der Waals surface area contributed by atoms with Gasteiger partial charge in [-0.25, -0.2) is 9.67 Å². The van der Waals surface area contributed by atoms with Crippen LogP contribution in [-0.4, -0.2) is 72.0 Å². The molecule has 5 rings (SSSR count). The van der Waals surface area contributed by atoms with Crippen LogP contribution in [0, 0.1) is 0 Å². The van der Waals surface area contributed by atoms with Crippen LogP contribution >= 0.6 is 0 Å². The van der Waals surface area contributed by atoms with Gasteiger partial charge in [0.15, 0.2) is 0 Å². The highest BCUT2D eigenvalue weighted by Gasteiger charge is 2.17. The van der Waals surface area contributed by atoms with E-state index in [0.717, 1.165) is 67.4 Å². The number of nitrogens with zero attached hydrogens (tertiary/aromatic N) is 5. The number of nitrogens with one attached hydrogen (secondary N) is 2. The Labute approximate surface area is 216 Å². The third-order valence-corrected chi connectivity index (χ3v) is 6.48. The number of piperazine rings is 1. The molecule has 0 spiro atoms. The van der Waals surface area contributed by atoms with Crippen molar-refractivity contribution < 1.29 is 9.53 Å². The van der Waals surface area contributed by atoms with Crippen molar-refractivity contribution in [2.45, 2.75) is 0 Å². The Hall–Kier alpha value is -4.21. The lowest BCUT2D eigenvalue weighted by Crippen LogP contribution is -2.47. The second-order valence-corrected chi connectivity index (χ2v) is 8.92. The standard InChI is InChI=1S/C28H31N7O2/c1-3-28(36)32-23-5-4-6-25(17-23)35-26-18-27(29-19-21(26)20-30-35)31-22-7-9-24(10-8-22)34-13-11-33(12-14-34)15-16-37-2/h3-10,17-20H,1,11-16H2,2H3,(H,29,31)(H,32,36). The van der Waals surface area contributed by atoms with E-state index in [0.29, 0.717) is 5.69 Å². The minimum atomic E-state index is -0.256. The molecular formula is C28H31N7O2. The molecule has 1 amide bonds. The first-order chi connectivity index (χ1) is 18.1. The van der Waals surface area contributed by atoms with Crippen molar-refractivity contribution in [1.29, 1.82) is 0 Å². The van der Waals surface area contributed by atoms with Crippen LogP contribution in [0.15, 0.2) is 79.6 Å². The van der Waals surface area contributed by atoms with Crippen molar-refractivity contribution in [2.24, 2.45) is 0 Å². The summed E-state index contributed by atoms with van der Waals surface area (Å²) in [5.74, 6) is 0.471. The molecule has 1 fully saturated rings. The van der Waals surface area contributed by atoms with Gasteiger partial charge >= 0.3 is 0 Å². The Morgan fingerprint density at radius 1 is 1.03 bits per heavy atom. The number of aromatic nitrogens is 3. The van der Waals surface area contributed by atoms with Gasteiger partial charge in [0, 0.05) is 74.5 Å². The number of hydrogen-bond donors (Lipinski definition) is 2. The van der Waals surface area contributed by atoms with Gasteiger partial charge in [-0.05, 0) is 48.5 Å². The molecule has 9 heteroatoms. The van der Waals surface area contributed by atoms with E-state index < -0.39 is 0 Å². The van der Waals surface area contributed by atoms with Crippen LogP contribution in [0.25, 0.3) is 16.6 Å². The summed E-state index contributed by atoms with van der Waals surface area (Å²) in [5, 5.41) is 11.7. The second kappa shape index (κ2) is 11.2. The summed E-state index contributed by atoms with van der Waals surface area (Å²) in [4.78, 5) is 21.1. The number of pyridine rings is 1. The zero-order valence-electron chi connectivity index (χ0n) is 20.9. The normalized spacial score (nSPS) is 14.0. The molecular weight excluding hydrogens is 466 g/mol. The fourth-order valence-electron chi connectivity index (χ4n) is 4.46. The van der Waals surface area contributed by atoms with E-state index in [1.165, 1.54) is 11.8 Å². The van der Waals surface area contributed by atoms with E-state index in [1.807, 2.05) is 41.2 Å². The van der Waals surface area contributed by atoms with E-state index in [9.17, 15) is 4.79 Å². The highest BCUT2D eigenvalue weighted by atomic mass is 16.5. The molecule has 2 N–H and O–H groups in total. The van der Waals surface area contributed by atoms with E-state index in [-0.39, 0.29) is 5.91 Å². The van der Waals surface area contributed by atoms with Crippen LogP contribution in [0.1, 0.15) is 0 Å². The number of hydrogen-bond acceptors (Lipinski definition) is 7. The maximum Gasteiger partial charge on any atom is 0.247 e. The van der Waals surface area contributed by atoms with Crippen molar-refractivity contribution in [3.63, 3.8) is 0 Å². The summed E-state index contributed by atoms with van der Waals surface area (Å²) in [6.07, 6.45) is 4.84. The lowest BCUT2D eigenvalue weighted by atomic mass is 10.2. The van der Waals surface area contributed by atoms with Crippen LogP contribution in [0.3, 0.4) is 0 Å². The van der Waals surface area contributed by atoms with Gasteiger partial charge < -0.3 is 20.3 Å². The Balaban J connectivity index is 1.28. The van der Waals surface area contributed by atoms with Crippen molar-refractivity contribution in [2.75, 3.05) is 62.0 Å². The van der Waals surface area contributed by atoms with E-state index in [4.69, 9.17) is 4.74 Å². The molecule has 1 aliphatic heterocycles. The lowest BCUT2D eigenvalue weighted by molar-refractivity contribution is -0.111. The fraction of sp³-hybridized carbons (Fsp3) is 0.250. The summed E-state index contributed by atoms with van der Waals surface area (Å²) in [6.45, 7) is 9.38. The Morgan fingerprint density at radius 3 is 2.59 bits per heavy atom. The molecule has 1 aliphatic rings. The Morgan fingerprint density at radius 2 is 1.84 bits per heavy atom. The summed E-state index contributed by atoms with van der Waals surface area (Å²) in [7, 11) is 1.75. The summed E-state index contributed by atoms with van der Waals surface area (Å²) < 4.78 is 7.03. The number of amides is 1. The van der Waals surface area contributed by atoms with Crippen molar-refractivity contribution in [1.82, 2.24) is 19.7 Å². The Bertz CT molecular complexity index is 1380. The van der Waals surface area contributed by atoms with Gasteiger partial charge in [-0.2, -0.15) is 5.10 Å². The molecule has 2 aromatic carbocycles. The molecule has 1 saturated heterocycles. The summed E-state index contributed by atoms with van der Waals surface area (Å²) >= 11 is 0. The van der Waals surface area contributed by atoms with Crippen molar-refractivity contribution in [3.8, 4) is 5.69 Å². The van der Waals surface area contributed by atoms with Gasteiger partial charge in [-0.1, -0.05) is 12.6 Å². The number of carbonyl (C=O) groups excluding carboxylic acids is 1. The maximum absolute atomic E-state index is 11.7. The van der Waals surface area contributed by atoms with Crippen LogP contribution < -0.4 is 15.5 Å². The number of carbonyl (C=O) groups is 1. The number of methoxy groups -OCH3 is 1. The molecule has 9 nitrogen and oxygen atoms in total. The number of ether oxygens (including phenoxy) is 1. The van der Waals surface area contributed by atoms with Gasteiger partial charge in [0.25, 0.3) is 0 Å². The first kappa shape index (κ1) is 24.5. The fourth-order valence-corrected chi connectivity index (χ4v) is 4.46. The van der Waals surface area contributed by atoms with Crippen LogP contribution in [0.5, 0.6) is 0 Å². The predicted molar refractivity (Wildman–Crippen MR) is 148 cm³/mol. The highest BCUT2D eigenvalue weighted by Crippen LogP contribution is 2.25. The molecule has 37 heavy (non-hydrogen) atoms. The SMILES string of the molecule is C=CC(=O)Nc1cccc(-n2ncc3cnc(Nc4ccc(N5CCN(CCOC)CC5)cc4)cc32)c1. The first-order valence-corrected chi connectivity index (χ1v) is 12.3. The quantitative estimate of drug-likeness (QED) is 0.337. The molecule has 4 aromatic rings. The topological polar surface area (TPSA) is 87.5 Å². The van der Waals surface area contributed by atoms with Crippen LogP contribution in [-0.2, 0) is 9.53 Å². The molecule has 0 radical (unpaired) electrons. The van der Waals surface area contributed by atoms with Crippen LogP contribution in [0.2, 0.25) is 0 Å². The molecule has 190 valence electrons. The second-order valence-electron chi connectivity index (χ2n) is 8.92. The molecule has 2 aromatic heterocycles. The number of benzene rings is 2. The predicted octanol–water partition coefficient (Wildman–Crippen LogP) is 4.06. The van der Waals surface area contributed by atoms with Gasteiger partial charge in [-0.3, -0.25) is 9.69 Å². The molecule has 0 saturated carbocycles. The molecule has 3 heterocycles. The summed E-state index contributed by atoms with van der Waals surface area (Å²) in [5.41, 5.74) is 4.61. The average Bonchev–Trinajstić information content (AvgIpc) is 3.36. The van der Waals surface area contributed by atoms with Gasteiger partial charge in [0.05, 0.1) is 24.0 Å². The molecule has 0 bridgehead atoms. The first-order valence-electron chi connectivity index (χ1n) is 12.3. The number of anilines is 4. The number of fused-ring (bicyclic) bond motifs is 1. The minimum absolute atomic E-state index is 0.256. The summed E-state index contributed by atoms with van der Waals surface area (Å²) in [6, 6.07) is 18.0. The smallest absolute Gasteiger partial charge is 0.247 e. The van der Waals surface area contributed by atoms with Crippen molar-refractivity contribution in [3.05, 3.63) is 79.6 Å². The van der Waals surface area contributed by atoms with E-state index in [1.54, 1.807) is 13.3 Å².